The van der Waals surface area contributed by atoms with E-state index in [0.717, 1.165) is 36.1 Å². The molecule has 1 saturated heterocycles. The first-order valence-electron chi connectivity index (χ1n) is 13.8. The van der Waals surface area contributed by atoms with Gasteiger partial charge in [-0.3, -0.25) is 9.59 Å². The summed E-state index contributed by atoms with van der Waals surface area (Å²) in [6, 6.07) is 9.42. The van der Waals surface area contributed by atoms with Gasteiger partial charge in [-0.1, -0.05) is 33.8 Å². The average Bonchev–Trinajstić information content (AvgIpc) is 3.64. The Hall–Kier alpha value is -3.00. The molecule has 0 bridgehead atoms. The summed E-state index contributed by atoms with van der Waals surface area (Å²) in [5.74, 6) is -0.608. The maximum atomic E-state index is 13.5. The number of carbonyl (C=O) groups is 3. The van der Waals surface area contributed by atoms with Crippen molar-refractivity contribution in [3.05, 3.63) is 52.0 Å². The van der Waals surface area contributed by atoms with Crippen LogP contribution in [0.1, 0.15) is 93.3 Å². The Kier molecular flexibility index (Phi) is 9.03. The van der Waals surface area contributed by atoms with Gasteiger partial charge < -0.3 is 14.6 Å². The van der Waals surface area contributed by atoms with Gasteiger partial charge >= 0.3 is 5.97 Å². The summed E-state index contributed by atoms with van der Waals surface area (Å²) >= 11 is 1.72. The van der Waals surface area contributed by atoms with Crippen molar-refractivity contribution in [3.8, 4) is 0 Å². The van der Waals surface area contributed by atoms with Crippen LogP contribution in [0.15, 0.2) is 35.7 Å². The number of amides is 1. The lowest BCUT2D eigenvalue weighted by Crippen LogP contribution is -2.44. The lowest BCUT2D eigenvalue weighted by Gasteiger charge is -2.27. The molecule has 1 fully saturated rings. The number of aliphatic carboxylic acids is 1. The number of aromatic nitrogens is 2. The van der Waals surface area contributed by atoms with Gasteiger partial charge in [-0.05, 0) is 67.7 Å². The predicted octanol–water partition coefficient (Wildman–Crippen LogP) is 6.36. The number of Topliss-reactive ketones (excluding diaryl/α,β-unsaturated/α-hetero) is 1. The fourth-order valence-corrected chi connectivity index (χ4v) is 6.48. The molecule has 1 aromatic carbocycles. The van der Waals surface area contributed by atoms with Gasteiger partial charge in [0.25, 0.3) is 0 Å². The van der Waals surface area contributed by atoms with Crippen LogP contribution in [-0.4, -0.2) is 49.8 Å². The molecule has 0 saturated carbocycles. The predicted molar refractivity (Wildman–Crippen MR) is 151 cm³/mol. The van der Waals surface area contributed by atoms with E-state index >= 15 is 0 Å². The summed E-state index contributed by atoms with van der Waals surface area (Å²) in [5.41, 5.74) is 2.37. The molecule has 1 aliphatic heterocycles. The number of nitrogens with zero attached hydrogens (tertiary/aromatic N) is 3. The number of imidazole rings is 1. The molecule has 3 aromatic rings. The molecule has 3 heterocycles. The summed E-state index contributed by atoms with van der Waals surface area (Å²) in [6.07, 6.45) is 4.49. The van der Waals surface area contributed by atoms with E-state index in [1.807, 2.05) is 32.0 Å². The highest BCUT2D eigenvalue weighted by atomic mass is 32.1. The summed E-state index contributed by atoms with van der Waals surface area (Å²) in [4.78, 5) is 46.3. The number of likely N-dealkylation sites (tertiary alicyclic amines) is 1. The third-order valence-electron chi connectivity index (χ3n) is 7.66. The number of hydrogen-bond acceptors (Lipinski definition) is 5. The number of carbonyl (C=O) groups excluding carboxylic acids is 2. The van der Waals surface area contributed by atoms with Crippen LogP contribution >= 0.6 is 11.3 Å². The van der Waals surface area contributed by atoms with Crippen LogP contribution in [0.25, 0.3) is 11.0 Å². The molecular formula is C30H39N3O4S. The highest BCUT2D eigenvalue weighted by Crippen LogP contribution is 2.30. The Bertz CT molecular complexity index is 1280. The Morgan fingerprint density at radius 3 is 2.55 bits per heavy atom. The Balaban J connectivity index is 1.62. The zero-order chi connectivity index (χ0) is 27.4. The number of carboxylic acids is 1. The van der Waals surface area contributed by atoms with Crippen LogP contribution < -0.4 is 0 Å². The highest BCUT2D eigenvalue weighted by Gasteiger charge is 2.38. The van der Waals surface area contributed by atoms with Gasteiger partial charge in [0, 0.05) is 41.8 Å². The minimum Gasteiger partial charge on any atom is -0.480 e. The highest BCUT2D eigenvalue weighted by molar-refractivity contribution is 7.09. The first-order chi connectivity index (χ1) is 18.2. The average molecular weight is 538 g/mol. The molecule has 0 radical (unpaired) electrons. The minimum atomic E-state index is -0.970. The van der Waals surface area contributed by atoms with Crippen LogP contribution in [-0.2, 0) is 16.0 Å². The SMILES string of the molecule is CCC(CC)n1c(Cc2cccs2)nc2cc(C(=O)C[C@@H](CC(C)C)C(=O)N3CCC[C@@H]3C(=O)O)ccc21. The Morgan fingerprint density at radius 2 is 1.92 bits per heavy atom. The lowest BCUT2D eigenvalue weighted by molar-refractivity contribution is -0.150. The van der Waals surface area contributed by atoms with Crippen molar-refractivity contribution in [2.75, 3.05) is 6.54 Å². The number of benzene rings is 1. The normalized spacial score (nSPS) is 16.6. The number of hydrogen-bond donors (Lipinski definition) is 1. The van der Waals surface area contributed by atoms with Crippen molar-refractivity contribution in [1.82, 2.24) is 14.5 Å². The molecule has 0 aliphatic carbocycles. The summed E-state index contributed by atoms with van der Waals surface area (Å²) in [7, 11) is 0. The van der Waals surface area contributed by atoms with Crippen molar-refractivity contribution >= 4 is 40.0 Å². The standard InChI is InChI=1S/C30H39N3O4S/c1-5-22(6-2)33-25-12-11-20(16-24(25)31-28(33)18-23-9-8-14-38-23)27(34)17-21(15-19(3)4)29(35)32-13-7-10-26(32)30(36)37/h8-9,11-12,14,16,19,21-22,26H,5-7,10,13,15,17-18H2,1-4H3,(H,36,37)/t21-,26-/m1/s1. The van der Waals surface area contributed by atoms with Crippen molar-refractivity contribution < 1.29 is 19.5 Å². The monoisotopic (exact) mass is 537 g/mol. The summed E-state index contributed by atoms with van der Waals surface area (Å²) in [5, 5.41) is 11.6. The number of fused-ring (bicyclic) bond motifs is 1. The molecule has 1 aliphatic rings. The second-order valence-corrected chi connectivity index (χ2v) is 11.8. The second-order valence-electron chi connectivity index (χ2n) is 10.8. The molecule has 4 rings (SSSR count). The molecule has 7 nitrogen and oxygen atoms in total. The van der Waals surface area contributed by atoms with Gasteiger partial charge in [0.15, 0.2) is 5.78 Å². The van der Waals surface area contributed by atoms with E-state index in [0.29, 0.717) is 37.4 Å². The van der Waals surface area contributed by atoms with Crippen LogP contribution in [0.4, 0.5) is 0 Å². The smallest absolute Gasteiger partial charge is 0.326 e. The Labute approximate surface area is 228 Å². The molecule has 0 spiro atoms. The first kappa shape index (κ1) is 28.0. The van der Waals surface area contributed by atoms with Crippen LogP contribution in [0, 0.1) is 11.8 Å². The number of thiophene rings is 1. The van der Waals surface area contributed by atoms with Crippen molar-refractivity contribution in [2.24, 2.45) is 11.8 Å². The van der Waals surface area contributed by atoms with Gasteiger partial charge in [-0.2, -0.15) is 0 Å². The third kappa shape index (κ3) is 6.01. The van der Waals surface area contributed by atoms with Crippen molar-refractivity contribution in [1.29, 1.82) is 0 Å². The van der Waals surface area contributed by atoms with E-state index in [1.165, 1.54) is 9.78 Å². The number of rotatable bonds is 12. The van der Waals surface area contributed by atoms with Gasteiger partial charge in [0.2, 0.25) is 5.91 Å². The first-order valence-corrected chi connectivity index (χ1v) is 14.7. The molecule has 1 N–H and O–H groups in total. The van der Waals surface area contributed by atoms with E-state index in [9.17, 15) is 19.5 Å². The zero-order valence-electron chi connectivity index (χ0n) is 22.9. The number of carboxylic acid groups (broad SMARTS) is 1. The second kappa shape index (κ2) is 12.2. The van der Waals surface area contributed by atoms with E-state index in [4.69, 9.17) is 4.98 Å². The molecule has 38 heavy (non-hydrogen) atoms. The number of ketones is 1. The van der Waals surface area contributed by atoms with Crippen LogP contribution in [0.5, 0.6) is 0 Å². The molecule has 8 heteroatoms. The molecular weight excluding hydrogens is 498 g/mol. The third-order valence-corrected chi connectivity index (χ3v) is 8.54. The van der Waals surface area contributed by atoms with Gasteiger partial charge in [0.1, 0.15) is 11.9 Å². The maximum absolute atomic E-state index is 13.5. The van der Waals surface area contributed by atoms with Gasteiger partial charge in [0.05, 0.1) is 11.0 Å². The zero-order valence-corrected chi connectivity index (χ0v) is 23.7. The largest absolute Gasteiger partial charge is 0.480 e. The van der Waals surface area contributed by atoms with E-state index in [1.54, 1.807) is 11.3 Å². The molecule has 2 aromatic heterocycles. The maximum Gasteiger partial charge on any atom is 0.326 e. The fourth-order valence-electron chi connectivity index (χ4n) is 5.78. The van der Waals surface area contributed by atoms with Crippen LogP contribution in [0.2, 0.25) is 0 Å². The van der Waals surface area contributed by atoms with Crippen LogP contribution in [0.3, 0.4) is 0 Å². The summed E-state index contributed by atoms with van der Waals surface area (Å²) < 4.78 is 2.33. The van der Waals surface area contributed by atoms with Gasteiger partial charge in [-0.25, -0.2) is 9.78 Å². The van der Waals surface area contributed by atoms with Crippen molar-refractivity contribution in [2.45, 2.75) is 84.7 Å². The molecule has 1 amide bonds. The quantitative estimate of drug-likeness (QED) is 0.271. The van der Waals surface area contributed by atoms with Gasteiger partial charge in [-0.15, -0.1) is 11.3 Å². The molecule has 204 valence electrons. The van der Waals surface area contributed by atoms with E-state index in [2.05, 4.69) is 35.9 Å². The molecule has 2 atom stereocenters. The fraction of sp³-hybridized carbons (Fsp3) is 0.533. The van der Waals surface area contributed by atoms with E-state index < -0.39 is 17.9 Å². The van der Waals surface area contributed by atoms with Crippen molar-refractivity contribution in [3.63, 3.8) is 0 Å². The summed E-state index contributed by atoms with van der Waals surface area (Å²) in [6.45, 7) is 8.86. The topological polar surface area (TPSA) is 92.5 Å². The van der Waals surface area contributed by atoms with E-state index in [-0.39, 0.29) is 24.0 Å². The lowest BCUT2D eigenvalue weighted by atomic mass is 9.89. The Morgan fingerprint density at radius 1 is 1.16 bits per heavy atom. The molecule has 0 unspecified atom stereocenters. The minimum absolute atomic E-state index is 0.0701.